The Morgan fingerprint density at radius 3 is 3.00 bits per heavy atom. The average Bonchev–Trinajstić information content (AvgIpc) is 2.27. The van der Waals surface area contributed by atoms with Crippen molar-refractivity contribution in [3.8, 4) is 11.8 Å². The van der Waals surface area contributed by atoms with Crippen LogP contribution in [-0.2, 0) is 6.54 Å². The maximum absolute atomic E-state index is 13.0. The van der Waals surface area contributed by atoms with Gasteiger partial charge in [-0.3, -0.25) is 0 Å². The van der Waals surface area contributed by atoms with Crippen molar-refractivity contribution >= 4 is 0 Å². The second-order valence-electron chi connectivity index (χ2n) is 3.39. The molecule has 1 aromatic rings. The van der Waals surface area contributed by atoms with E-state index >= 15 is 0 Å². The summed E-state index contributed by atoms with van der Waals surface area (Å²) < 4.78 is 18.5. The minimum atomic E-state index is -0.269. The third kappa shape index (κ3) is 3.87. The van der Waals surface area contributed by atoms with Crippen LogP contribution in [0.25, 0.3) is 0 Å². The van der Waals surface area contributed by atoms with Crippen LogP contribution in [-0.4, -0.2) is 13.7 Å². The molecule has 16 heavy (non-hydrogen) atoms. The summed E-state index contributed by atoms with van der Waals surface area (Å²) in [7, 11) is 1.80. The highest BCUT2D eigenvalue weighted by Gasteiger charge is 2.04. The van der Waals surface area contributed by atoms with Crippen LogP contribution < -0.4 is 10.1 Å². The zero-order valence-electron chi connectivity index (χ0n) is 9.29. The molecule has 0 aliphatic carbocycles. The van der Waals surface area contributed by atoms with Gasteiger partial charge in [-0.05, 0) is 31.7 Å². The first-order chi connectivity index (χ1) is 7.77. The predicted molar refractivity (Wildman–Crippen MR) is 59.5 cm³/mol. The second-order valence-corrected chi connectivity index (χ2v) is 3.39. The molecule has 86 valence electrons. The highest BCUT2D eigenvalue weighted by atomic mass is 19.1. The molecule has 3 nitrogen and oxygen atoms in total. The minimum absolute atomic E-state index is 0.269. The van der Waals surface area contributed by atoms with E-state index in [2.05, 4.69) is 11.4 Å². The fourth-order valence-corrected chi connectivity index (χ4v) is 1.35. The van der Waals surface area contributed by atoms with Crippen molar-refractivity contribution in [1.82, 2.24) is 5.32 Å². The van der Waals surface area contributed by atoms with Gasteiger partial charge in [-0.15, -0.1) is 0 Å². The number of nitrogens with zero attached hydrogens (tertiary/aromatic N) is 1. The van der Waals surface area contributed by atoms with Gasteiger partial charge in [0.2, 0.25) is 0 Å². The molecule has 0 heterocycles. The molecule has 1 aromatic carbocycles. The lowest BCUT2D eigenvalue weighted by molar-refractivity contribution is 0.308. The van der Waals surface area contributed by atoms with Crippen LogP contribution in [0.3, 0.4) is 0 Å². The summed E-state index contributed by atoms with van der Waals surface area (Å²) >= 11 is 0. The average molecular weight is 222 g/mol. The number of halogens is 1. The maximum atomic E-state index is 13.0. The summed E-state index contributed by atoms with van der Waals surface area (Å²) in [5.41, 5.74) is 0.791. The quantitative estimate of drug-likeness (QED) is 0.751. The fourth-order valence-electron chi connectivity index (χ4n) is 1.35. The molecular formula is C12H15FN2O. The van der Waals surface area contributed by atoms with Crippen molar-refractivity contribution in [3.63, 3.8) is 0 Å². The molecule has 0 aliphatic rings. The third-order valence-corrected chi connectivity index (χ3v) is 2.08. The van der Waals surface area contributed by atoms with E-state index in [0.29, 0.717) is 31.7 Å². The second kappa shape index (κ2) is 6.81. The summed E-state index contributed by atoms with van der Waals surface area (Å²) in [5, 5.41) is 11.3. The molecule has 0 amide bonds. The van der Waals surface area contributed by atoms with Crippen LogP contribution in [0.5, 0.6) is 5.75 Å². The number of benzene rings is 1. The van der Waals surface area contributed by atoms with Crippen LogP contribution in [0.2, 0.25) is 0 Å². The molecule has 0 unspecified atom stereocenters. The molecule has 0 aromatic heterocycles. The molecule has 0 aliphatic heterocycles. The number of nitrogens with one attached hydrogen (secondary N) is 1. The van der Waals surface area contributed by atoms with Crippen molar-refractivity contribution in [3.05, 3.63) is 29.6 Å². The van der Waals surface area contributed by atoms with Crippen molar-refractivity contribution in [2.45, 2.75) is 19.4 Å². The lowest BCUT2D eigenvalue weighted by Crippen LogP contribution is -2.08. The molecular weight excluding hydrogens is 207 g/mol. The van der Waals surface area contributed by atoms with Gasteiger partial charge in [0.05, 0.1) is 12.7 Å². The molecule has 0 atom stereocenters. The summed E-state index contributed by atoms with van der Waals surface area (Å²) in [6, 6.07) is 6.50. The Balaban J connectivity index is 2.60. The van der Waals surface area contributed by atoms with Crippen molar-refractivity contribution < 1.29 is 9.13 Å². The zero-order chi connectivity index (χ0) is 11.8. The van der Waals surface area contributed by atoms with Gasteiger partial charge >= 0.3 is 0 Å². The van der Waals surface area contributed by atoms with Crippen molar-refractivity contribution in [2.75, 3.05) is 13.7 Å². The molecule has 0 bridgehead atoms. The summed E-state index contributed by atoms with van der Waals surface area (Å²) in [4.78, 5) is 0. The van der Waals surface area contributed by atoms with Crippen LogP contribution >= 0.6 is 0 Å². The number of hydrogen-bond donors (Lipinski definition) is 1. The van der Waals surface area contributed by atoms with Gasteiger partial charge in [0.15, 0.2) is 0 Å². The number of unbranched alkanes of at least 4 members (excludes halogenated alkanes) is 1. The molecule has 0 fully saturated rings. The van der Waals surface area contributed by atoms with E-state index in [0.717, 1.165) is 5.56 Å². The van der Waals surface area contributed by atoms with Crippen LogP contribution in [0, 0.1) is 17.1 Å². The normalized spacial score (nSPS) is 9.81. The van der Waals surface area contributed by atoms with E-state index in [1.807, 2.05) is 0 Å². The van der Waals surface area contributed by atoms with E-state index in [1.165, 1.54) is 12.1 Å². The molecule has 0 saturated carbocycles. The zero-order valence-corrected chi connectivity index (χ0v) is 9.29. The topological polar surface area (TPSA) is 45.0 Å². The van der Waals surface area contributed by atoms with E-state index in [9.17, 15) is 4.39 Å². The lowest BCUT2D eigenvalue weighted by Gasteiger charge is -2.10. The molecule has 0 radical (unpaired) electrons. The van der Waals surface area contributed by atoms with Crippen molar-refractivity contribution in [2.24, 2.45) is 0 Å². The third-order valence-electron chi connectivity index (χ3n) is 2.08. The fraction of sp³-hybridized carbons (Fsp3) is 0.417. The Morgan fingerprint density at radius 2 is 2.31 bits per heavy atom. The van der Waals surface area contributed by atoms with Gasteiger partial charge in [0.1, 0.15) is 11.6 Å². The van der Waals surface area contributed by atoms with Crippen LogP contribution in [0.1, 0.15) is 18.4 Å². The number of rotatable bonds is 6. The van der Waals surface area contributed by atoms with Crippen LogP contribution in [0.4, 0.5) is 4.39 Å². The first kappa shape index (κ1) is 12.5. The first-order valence-electron chi connectivity index (χ1n) is 5.20. The van der Waals surface area contributed by atoms with E-state index < -0.39 is 0 Å². The first-order valence-corrected chi connectivity index (χ1v) is 5.20. The minimum Gasteiger partial charge on any atom is -0.493 e. The highest BCUT2D eigenvalue weighted by Crippen LogP contribution is 2.19. The molecule has 1 N–H and O–H groups in total. The molecule has 0 saturated heterocycles. The largest absolute Gasteiger partial charge is 0.493 e. The van der Waals surface area contributed by atoms with Gasteiger partial charge in [0, 0.05) is 18.5 Å². The Hall–Kier alpha value is -1.60. The number of ether oxygens (including phenoxy) is 1. The summed E-state index contributed by atoms with van der Waals surface area (Å²) in [6.07, 6.45) is 1.16. The smallest absolute Gasteiger partial charge is 0.123 e. The maximum Gasteiger partial charge on any atom is 0.123 e. The number of hydrogen-bond acceptors (Lipinski definition) is 3. The van der Waals surface area contributed by atoms with Crippen LogP contribution in [0.15, 0.2) is 18.2 Å². The summed E-state index contributed by atoms with van der Waals surface area (Å²) in [5.74, 6) is 0.406. The SMILES string of the molecule is CNCc1cc(F)ccc1OCCCC#N. The molecule has 1 rings (SSSR count). The van der Waals surface area contributed by atoms with Gasteiger partial charge in [0.25, 0.3) is 0 Å². The molecule has 0 spiro atoms. The Morgan fingerprint density at radius 1 is 1.50 bits per heavy atom. The monoisotopic (exact) mass is 222 g/mol. The van der Waals surface area contributed by atoms with Gasteiger partial charge in [-0.25, -0.2) is 4.39 Å². The Kier molecular flexibility index (Phi) is 5.30. The Labute approximate surface area is 94.8 Å². The van der Waals surface area contributed by atoms with Gasteiger partial charge < -0.3 is 10.1 Å². The standard InChI is InChI=1S/C12H15FN2O/c1-15-9-10-8-11(13)4-5-12(10)16-7-3-2-6-14/h4-5,8,15H,2-3,7,9H2,1H3. The lowest BCUT2D eigenvalue weighted by atomic mass is 10.2. The highest BCUT2D eigenvalue weighted by molar-refractivity contribution is 5.33. The molecule has 4 heteroatoms. The van der Waals surface area contributed by atoms with E-state index in [4.69, 9.17) is 10.00 Å². The van der Waals surface area contributed by atoms with E-state index in [1.54, 1.807) is 13.1 Å². The van der Waals surface area contributed by atoms with Gasteiger partial charge in [-0.1, -0.05) is 0 Å². The van der Waals surface area contributed by atoms with E-state index in [-0.39, 0.29) is 5.82 Å². The Bertz CT molecular complexity index is 374. The number of nitriles is 1. The predicted octanol–water partition coefficient (Wildman–Crippen LogP) is 2.23. The summed E-state index contributed by atoms with van der Waals surface area (Å²) in [6.45, 7) is 1.04. The van der Waals surface area contributed by atoms with Gasteiger partial charge in [-0.2, -0.15) is 5.26 Å². The van der Waals surface area contributed by atoms with Crippen molar-refractivity contribution in [1.29, 1.82) is 5.26 Å².